The third kappa shape index (κ3) is 3.81. The van der Waals surface area contributed by atoms with Crippen LogP contribution < -0.4 is 4.74 Å². The maximum absolute atomic E-state index is 14.0. The van der Waals surface area contributed by atoms with Crippen molar-refractivity contribution in [3.63, 3.8) is 0 Å². The molecular weight excluding hydrogens is 317 g/mol. The van der Waals surface area contributed by atoms with Gasteiger partial charge in [0, 0.05) is 5.39 Å². The number of halogens is 2. The normalized spacial score (nSPS) is 12.1. The molecule has 2 aromatic rings. The second-order valence-corrected chi connectivity index (χ2v) is 6.25. The Labute approximate surface area is 125 Å². The lowest BCUT2D eigenvalue weighted by atomic mass is 9.95. The van der Waals surface area contributed by atoms with E-state index in [1.165, 1.54) is 18.2 Å². The number of rotatable bonds is 5. The highest BCUT2D eigenvalue weighted by atomic mass is 31.2. The van der Waals surface area contributed by atoms with E-state index in [4.69, 9.17) is 14.5 Å². The first-order valence-electron chi connectivity index (χ1n) is 6.43. The molecule has 0 aromatic heterocycles. The molecule has 0 heterocycles. The summed E-state index contributed by atoms with van der Waals surface area (Å²) in [5, 5.41) is 0.592. The van der Waals surface area contributed by atoms with Crippen LogP contribution in [0.3, 0.4) is 0 Å². The lowest BCUT2D eigenvalue weighted by Gasteiger charge is -2.15. The van der Waals surface area contributed by atoms with E-state index in [1.807, 2.05) is 13.8 Å². The van der Waals surface area contributed by atoms with Crippen molar-refractivity contribution >= 4 is 18.6 Å². The Bertz CT molecular complexity index is 742. The van der Waals surface area contributed by atoms with Crippen molar-refractivity contribution in [1.29, 1.82) is 0 Å². The predicted octanol–water partition coefficient (Wildman–Crippen LogP) is 3.69. The highest BCUT2D eigenvalue weighted by Gasteiger charge is 2.17. The number of hydrogen-bond donors (Lipinski definition) is 2. The smallest absolute Gasteiger partial charge is 0.467 e. The lowest BCUT2D eigenvalue weighted by molar-refractivity contribution is 0.0829. The minimum absolute atomic E-state index is 0.106. The molecule has 0 fully saturated rings. The minimum atomic E-state index is -4.63. The highest BCUT2D eigenvalue weighted by molar-refractivity contribution is 7.46. The van der Waals surface area contributed by atoms with Crippen LogP contribution in [0.4, 0.5) is 8.78 Å². The fourth-order valence-corrected chi connectivity index (χ4v) is 2.29. The Morgan fingerprint density at radius 1 is 1.23 bits per heavy atom. The second-order valence-electron chi connectivity index (χ2n) is 5.01. The largest absolute Gasteiger partial charge is 0.472 e. The van der Waals surface area contributed by atoms with Crippen LogP contribution in [0.25, 0.3) is 10.8 Å². The molecule has 5 nitrogen and oxygen atoms in total. The van der Waals surface area contributed by atoms with Crippen LogP contribution in [0.15, 0.2) is 24.3 Å². The van der Waals surface area contributed by atoms with Gasteiger partial charge in [-0.1, -0.05) is 19.9 Å². The molecule has 8 heteroatoms. The van der Waals surface area contributed by atoms with Crippen LogP contribution in [0.1, 0.15) is 25.3 Å². The molecule has 0 unspecified atom stereocenters. The number of fused-ring (bicyclic) bond motifs is 1. The molecule has 0 aliphatic rings. The zero-order chi connectivity index (χ0) is 16.5. The molecule has 0 aliphatic carbocycles. The summed E-state index contributed by atoms with van der Waals surface area (Å²) >= 11 is 0. The van der Waals surface area contributed by atoms with Gasteiger partial charge in [0.1, 0.15) is 5.75 Å². The standard InChI is InChI=1S/C14H15F2O5P/c1-8(2)11-6-10(20-7-21-22(17,18)19)5-9-3-4-12(15)14(16)13(9)11/h3-6,8H,7H2,1-2H3,(H2,17,18,19). The summed E-state index contributed by atoms with van der Waals surface area (Å²) in [6.07, 6.45) is 0. The van der Waals surface area contributed by atoms with Crippen molar-refractivity contribution in [3.05, 3.63) is 41.5 Å². The highest BCUT2D eigenvalue weighted by Crippen LogP contribution is 2.36. The van der Waals surface area contributed by atoms with Gasteiger partial charge < -0.3 is 14.5 Å². The van der Waals surface area contributed by atoms with Crippen molar-refractivity contribution in [1.82, 2.24) is 0 Å². The van der Waals surface area contributed by atoms with Crippen molar-refractivity contribution in [2.45, 2.75) is 19.8 Å². The summed E-state index contributed by atoms with van der Waals surface area (Å²) in [5.74, 6) is -1.73. The van der Waals surface area contributed by atoms with Gasteiger partial charge >= 0.3 is 7.82 Å². The topological polar surface area (TPSA) is 76.0 Å². The van der Waals surface area contributed by atoms with Crippen LogP contribution in [0.5, 0.6) is 5.75 Å². The van der Waals surface area contributed by atoms with E-state index in [-0.39, 0.29) is 17.1 Å². The van der Waals surface area contributed by atoms with Gasteiger partial charge in [-0.05, 0) is 35.1 Å². The van der Waals surface area contributed by atoms with Gasteiger partial charge in [0.05, 0.1) is 0 Å². The average Bonchev–Trinajstić information content (AvgIpc) is 2.40. The summed E-state index contributed by atoms with van der Waals surface area (Å²) in [4.78, 5) is 17.2. The van der Waals surface area contributed by atoms with E-state index in [0.717, 1.165) is 6.07 Å². The van der Waals surface area contributed by atoms with Gasteiger partial charge in [-0.15, -0.1) is 0 Å². The van der Waals surface area contributed by atoms with E-state index < -0.39 is 26.3 Å². The molecule has 0 amide bonds. The van der Waals surface area contributed by atoms with Crippen molar-refractivity contribution in [2.24, 2.45) is 0 Å². The summed E-state index contributed by atoms with van der Waals surface area (Å²) in [5.41, 5.74) is 0.528. The van der Waals surface area contributed by atoms with Crippen LogP contribution in [0.2, 0.25) is 0 Å². The van der Waals surface area contributed by atoms with E-state index in [2.05, 4.69) is 4.52 Å². The number of hydrogen-bond acceptors (Lipinski definition) is 3. The molecule has 22 heavy (non-hydrogen) atoms. The number of phosphoric ester groups is 1. The van der Waals surface area contributed by atoms with Gasteiger partial charge in [0.2, 0.25) is 0 Å². The maximum atomic E-state index is 14.0. The van der Waals surface area contributed by atoms with Crippen molar-refractivity contribution < 1.29 is 32.4 Å². The molecule has 2 N–H and O–H groups in total. The lowest BCUT2D eigenvalue weighted by Crippen LogP contribution is -2.03. The van der Waals surface area contributed by atoms with E-state index in [9.17, 15) is 13.3 Å². The van der Waals surface area contributed by atoms with E-state index >= 15 is 0 Å². The molecular formula is C14H15F2O5P. The Hall–Kier alpha value is -1.53. The molecule has 0 spiro atoms. The zero-order valence-corrected chi connectivity index (χ0v) is 12.8. The molecule has 2 aromatic carbocycles. The Morgan fingerprint density at radius 2 is 1.91 bits per heavy atom. The molecule has 0 aliphatic heterocycles. The van der Waals surface area contributed by atoms with Crippen molar-refractivity contribution in [2.75, 3.05) is 6.79 Å². The van der Waals surface area contributed by atoms with Crippen LogP contribution in [0, 0.1) is 11.6 Å². The molecule has 0 radical (unpaired) electrons. The first-order chi connectivity index (χ1) is 10.2. The number of ether oxygens (including phenoxy) is 1. The second kappa shape index (κ2) is 6.30. The SMILES string of the molecule is CC(C)c1cc(OCOP(=O)(O)O)cc2ccc(F)c(F)c12. The van der Waals surface area contributed by atoms with E-state index in [0.29, 0.717) is 10.9 Å². The van der Waals surface area contributed by atoms with Gasteiger partial charge in [0.25, 0.3) is 0 Å². The number of phosphoric acid groups is 1. The summed E-state index contributed by atoms with van der Waals surface area (Å²) < 4.78 is 47.3. The molecule has 120 valence electrons. The van der Waals surface area contributed by atoms with Gasteiger partial charge in [-0.25, -0.2) is 17.9 Å². The molecule has 0 saturated carbocycles. The van der Waals surface area contributed by atoms with Gasteiger partial charge in [-0.3, -0.25) is 0 Å². The van der Waals surface area contributed by atoms with Crippen LogP contribution >= 0.6 is 7.82 Å². The monoisotopic (exact) mass is 332 g/mol. The maximum Gasteiger partial charge on any atom is 0.472 e. The zero-order valence-electron chi connectivity index (χ0n) is 11.9. The molecule has 0 saturated heterocycles. The summed E-state index contributed by atoms with van der Waals surface area (Å²) in [7, 11) is -4.63. The quantitative estimate of drug-likeness (QED) is 0.645. The minimum Gasteiger partial charge on any atom is -0.467 e. The summed E-state index contributed by atoms with van der Waals surface area (Å²) in [6.45, 7) is 2.97. The van der Waals surface area contributed by atoms with E-state index in [1.54, 1.807) is 0 Å². The van der Waals surface area contributed by atoms with Gasteiger partial charge in [0.15, 0.2) is 18.4 Å². The summed E-state index contributed by atoms with van der Waals surface area (Å²) in [6, 6.07) is 5.37. The molecule has 0 bridgehead atoms. The van der Waals surface area contributed by atoms with Crippen LogP contribution in [-0.2, 0) is 9.09 Å². The predicted molar refractivity (Wildman–Crippen MR) is 76.6 cm³/mol. The van der Waals surface area contributed by atoms with Gasteiger partial charge in [-0.2, -0.15) is 0 Å². The van der Waals surface area contributed by atoms with Crippen molar-refractivity contribution in [3.8, 4) is 5.75 Å². The first kappa shape index (κ1) is 16.8. The molecule has 2 rings (SSSR count). The number of benzene rings is 2. The first-order valence-corrected chi connectivity index (χ1v) is 7.96. The fraction of sp³-hybridized carbons (Fsp3) is 0.286. The Kier molecular flexibility index (Phi) is 4.82. The van der Waals surface area contributed by atoms with Crippen LogP contribution in [-0.4, -0.2) is 16.6 Å². The fourth-order valence-electron chi connectivity index (χ4n) is 2.10. The Balaban J connectivity index is 2.42. The third-order valence-corrected chi connectivity index (χ3v) is 3.52. The Morgan fingerprint density at radius 3 is 2.50 bits per heavy atom. The average molecular weight is 332 g/mol. The molecule has 0 atom stereocenters. The third-order valence-electron chi connectivity index (χ3n) is 3.08.